The second-order valence-corrected chi connectivity index (χ2v) is 5.52. The summed E-state index contributed by atoms with van der Waals surface area (Å²) in [5.74, 6) is 2.28. The summed E-state index contributed by atoms with van der Waals surface area (Å²) in [6, 6.07) is 13.6. The molecular formula is C19H26NO2+. The van der Waals surface area contributed by atoms with Crippen molar-refractivity contribution in [2.75, 3.05) is 6.61 Å². The van der Waals surface area contributed by atoms with Crippen molar-refractivity contribution >= 4 is 0 Å². The standard InChI is InChI=1S/C19H26NO2/c1-3-5-9-17(4-2)16-21-20-14-12-19(13-15-20)22-18-10-7-6-8-11-18/h6-8,10-15,17H,3-5,9,16H2,1-2H3/q+1. The largest absolute Gasteiger partial charge is 0.457 e. The first-order chi connectivity index (χ1) is 10.8. The quantitative estimate of drug-likeness (QED) is 0.640. The lowest BCUT2D eigenvalue weighted by molar-refractivity contribution is -0.892. The van der Waals surface area contributed by atoms with Crippen molar-refractivity contribution in [1.82, 2.24) is 0 Å². The SMILES string of the molecule is CCCCC(CC)CO[n+]1ccc(Oc2ccccc2)cc1. The second-order valence-electron chi connectivity index (χ2n) is 5.52. The number of rotatable bonds is 9. The van der Waals surface area contributed by atoms with Crippen LogP contribution in [0.1, 0.15) is 39.5 Å². The fraction of sp³-hybridized carbons (Fsp3) is 0.421. The Morgan fingerprint density at radius 3 is 2.27 bits per heavy atom. The average molecular weight is 300 g/mol. The van der Waals surface area contributed by atoms with Gasteiger partial charge in [0.15, 0.2) is 6.61 Å². The smallest absolute Gasteiger partial charge is 0.226 e. The molecule has 0 aliphatic rings. The summed E-state index contributed by atoms with van der Waals surface area (Å²) in [5.41, 5.74) is 0. The van der Waals surface area contributed by atoms with Crippen molar-refractivity contribution in [2.24, 2.45) is 5.92 Å². The molecule has 0 radical (unpaired) electrons. The molecule has 0 N–H and O–H groups in total. The Labute approximate surface area is 133 Å². The van der Waals surface area contributed by atoms with Gasteiger partial charge in [0.05, 0.1) is 0 Å². The van der Waals surface area contributed by atoms with E-state index in [9.17, 15) is 0 Å². The average Bonchev–Trinajstić information content (AvgIpc) is 2.57. The monoisotopic (exact) mass is 300 g/mol. The van der Waals surface area contributed by atoms with E-state index in [4.69, 9.17) is 9.57 Å². The maximum Gasteiger partial charge on any atom is 0.226 e. The van der Waals surface area contributed by atoms with Crippen molar-refractivity contribution < 1.29 is 14.3 Å². The molecule has 2 aromatic rings. The number of nitrogens with zero attached hydrogens (tertiary/aromatic N) is 1. The van der Waals surface area contributed by atoms with Crippen LogP contribution in [0.2, 0.25) is 0 Å². The van der Waals surface area contributed by atoms with E-state index in [1.807, 2.05) is 54.9 Å². The molecule has 0 saturated heterocycles. The van der Waals surface area contributed by atoms with Crippen molar-refractivity contribution in [3.05, 3.63) is 54.9 Å². The molecule has 0 spiro atoms. The summed E-state index contributed by atoms with van der Waals surface area (Å²) in [6.45, 7) is 5.22. The van der Waals surface area contributed by atoms with Gasteiger partial charge in [0, 0.05) is 16.9 Å². The van der Waals surface area contributed by atoms with E-state index in [2.05, 4.69) is 13.8 Å². The summed E-state index contributed by atoms with van der Waals surface area (Å²) in [5, 5.41) is 0. The molecule has 1 heterocycles. The Balaban J connectivity index is 1.83. The van der Waals surface area contributed by atoms with Gasteiger partial charge in [0.1, 0.15) is 11.5 Å². The number of aromatic nitrogens is 1. The van der Waals surface area contributed by atoms with Gasteiger partial charge in [0.25, 0.3) is 0 Å². The molecule has 118 valence electrons. The summed E-state index contributed by atoms with van der Waals surface area (Å²) in [7, 11) is 0. The molecule has 1 aromatic heterocycles. The minimum absolute atomic E-state index is 0.632. The van der Waals surface area contributed by atoms with E-state index in [-0.39, 0.29) is 0 Å². The molecule has 22 heavy (non-hydrogen) atoms. The molecule has 3 heteroatoms. The van der Waals surface area contributed by atoms with Crippen LogP contribution in [-0.4, -0.2) is 6.61 Å². The Hall–Kier alpha value is -2.03. The van der Waals surface area contributed by atoms with Crippen molar-refractivity contribution in [3.8, 4) is 11.5 Å². The zero-order chi connectivity index (χ0) is 15.6. The van der Waals surface area contributed by atoms with E-state index in [0.29, 0.717) is 5.92 Å². The number of hydrogen-bond acceptors (Lipinski definition) is 2. The number of hydrogen-bond donors (Lipinski definition) is 0. The zero-order valence-electron chi connectivity index (χ0n) is 13.6. The van der Waals surface area contributed by atoms with Gasteiger partial charge in [-0.15, -0.1) is 0 Å². The number of para-hydroxylation sites is 1. The van der Waals surface area contributed by atoms with Crippen LogP contribution in [0.4, 0.5) is 0 Å². The molecule has 0 amide bonds. The van der Waals surface area contributed by atoms with Crippen molar-refractivity contribution in [3.63, 3.8) is 0 Å². The van der Waals surface area contributed by atoms with E-state index in [0.717, 1.165) is 24.5 Å². The Morgan fingerprint density at radius 1 is 0.955 bits per heavy atom. The summed E-state index contributed by atoms with van der Waals surface area (Å²) < 4.78 is 7.52. The van der Waals surface area contributed by atoms with Gasteiger partial charge >= 0.3 is 0 Å². The fourth-order valence-corrected chi connectivity index (χ4v) is 2.27. The second kappa shape index (κ2) is 9.08. The number of ether oxygens (including phenoxy) is 1. The van der Waals surface area contributed by atoms with Gasteiger partial charge in [-0.1, -0.05) is 44.9 Å². The highest BCUT2D eigenvalue weighted by atomic mass is 16.7. The zero-order valence-corrected chi connectivity index (χ0v) is 13.6. The maximum absolute atomic E-state index is 5.82. The van der Waals surface area contributed by atoms with Crippen LogP contribution in [-0.2, 0) is 0 Å². The normalized spacial score (nSPS) is 11.9. The van der Waals surface area contributed by atoms with Crippen LogP contribution in [0.3, 0.4) is 0 Å². The molecule has 1 aromatic carbocycles. The Morgan fingerprint density at radius 2 is 1.64 bits per heavy atom. The van der Waals surface area contributed by atoms with Crippen LogP contribution in [0.25, 0.3) is 0 Å². The number of pyridine rings is 1. The molecule has 0 aliphatic carbocycles. The minimum atomic E-state index is 0.632. The van der Waals surface area contributed by atoms with Crippen LogP contribution in [0.5, 0.6) is 11.5 Å². The highest BCUT2D eigenvalue weighted by molar-refractivity contribution is 5.28. The predicted octanol–water partition coefficient (Wildman–Crippen LogP) is 4.41. The third-order valence-corrected chi connectivity index (χ3v) is 3.75. The molecule has 3 nitrogen and oxygen atoms in total. The van der Waals surface area contributed by atoms with E-state index in [1.54, 1.807) is 4.73 Å². The lowest BCUT2D eigenvalue weighted by atomic mass is 10.0. The van der Waals surface area contributed by atoms with Gasteiger partial charge in [-0.2, -0.15) is 0 Å². The minimum Gasteiger partial charge on any atom is -0.457 e. The fourth-order valence-electron chi connectivity index (χ4n) is 2.27. The molecule has 2 rings (SSSR count). The third-order valence-electron chi connectivity index (χ3n) is 3.75. The van der Waals surface area contributed by atoms with Crippen LogP contribution in [0.15, 0.2) is 54.9 Å². The van der Waals surface area contributed by atoms with Gasteiger partial charge in [-0.05, 0) is 30.9 Å². The van der Waals surface area contributed by atoms with Gasteiger partial charge in [-0.3, -0.25) is 4.84 Å². The highest BCUT2D eigenvalue weighted by Crippen LogP contribution is 2.18. The Kier molecular flexibility index (Phi) is 6.75. The predicted molar refractivity (Wildman–Crippen MR) is 87.9 cm³/mol. The first kappa shape index (κ1) is 16.3. The van der Waals surface area contributed by atoms with Gasteiger partial charge in [0.2, 0.25) is 12.4 Å². The topological polar surface area (TPSA) is 22.3 Å². The van der Waals surface area contributed by atoms with Crippen LogP contribution < -0.4 is 14.3 Å². The number of benzene rings is 1. The molecular weight excluding hydrogens is 274 g/mol. The van der Waals surface area contributed by atoms with Gasteiger partial charge in [-0.25, -0.2) is 0 Å². The lowest BCUT2D eigenvalue weighted by Gasteiger charge is -2.11. The van der Waals surface area contributed by atoms with Crippen molar-refractivity contribution in [1.29, 1.82) is 0 Å². The van der Waals surface area contributed by atoms with Crippen molar-refractivity contribution in [2.45, 2.75) is 39.5 Å². The first-order valence-electron chi connectivity index (χ1n) is 8.19. The number of unbranched alkanes of at least 4 members (excludes halogenated alkanes) is 1. The maximum atomic E-state index is 5.82. The molecule has 1 atom stereocenters. The molecule has 0 bridgehead atoms. The summed E-state index contributed by atoms with van der Waals surface area (Å²) >= 11 is 0. The van der Waals surface area contributed by atoms with E-state index < -0.39 is 0 Å². The van der Waals surface area contributed by atoms with Crippen LogP contribution in [0, 0.1) is 5.92 Å². The molecule has 0 saturated carbocycles. The first-order valence-corrected chi connectivity index (χ1v) is 8.19. The molecule has 1 unspecified atom stereocenters. The lowest BCUT2D eigenvalue weighted by Crippen LogP contribution is -2.43. The van der Waals surface area contributed by atoms with Crippen LogP contribution >= 0.6 is 0 Å². The summed E-state index contributed by atoms with van der Waals surface area (Å²) in [6.07, 6.45) is 8.71. The third kappa shape index (κ3) is 5.40. The van der Waals surface area contributed by atoms with E-state index >= 15 is 0 Å². The molecule has 0 aliphatic heterocycles. The molecule has 0 fully saturated rings. The van der Waals surface area contributed by atoms with E-state index in [1.165, 1.54) is 19.3 Å². The Bertz CT molecular complexity index is 525. The highest BCUT2D eigenvalue weighted by Gasteiger charge is 2.10. The van der Waals surface area contributed by atoms with Gasteiger partial charge < -0.3 is 4.74 Å². The summed E-state index contributed by atoms with van der Waals surface area (Å²) in [4.78, 5) is 5.82.